The SMILES string of the molecule is Cc1cc(CCCNCC(C)C)ccc1F. The van der Waals surface area contributed by atoms with E-state index in [4.69, 9.17) is 0 Å². The molecular weight excluding hydrogens is 201 g/mol. The average Bonchev–Trinajstić information content (AvgIpc) is 2.22. The molecule has 1 aromatic rings. The predicted octanol–water partition coefficient (Wildman–Crippen LogP) is 3.31. The van der Waals surface area contributed by atoms with Gasteiger partial charge >= 0.3 is 0 Å². The molecule has 0 saturated carbocycles. The van der Waals surface area contributed by atoms with Gasteiger partial charge in [-0.25, -0.2) is 4.39 Å². The van der Waals surface area contributed by atoms with Gasteiger partial charge in [-0.3, -0.25) is 0 Å². The van der Waals surface area contributed by atoms with E-state index in [1.807, 2.05) is 19.1 Å². The Labute approximate surface area is 98.1 Å². The third-order valence-corrected chi connectivity index (χ3v) is 2.59. The van der Waals surface area contributed by atoms with Crippen LogP contribution in [0, 0.1) is 18.7 Å². The lowest BCUT2D eigenvalue weighted by atomic mass is 10.1. The number of halogens is 1. The van der Waals surface area contributed by atoms with E-state index in [-0.39, 0.29) is 5.82 Å². The van der Waals surface area contributed by atoms with Crippen molar-refractivity contribution in [1.29, 1.82) is 0 Å². The van der Waals surface area contributed by atoms with Gasteiger partial charge in [0.15, 0.2) is 0 Å². The molecule has 0 radical (unpaired) electrons. The molecule has 0 saturated heterocycles. The Kier molecular flexibility index (Phi) is 5.47. The lowest BCUT2D eigenvalue weighted by molar-refractivity contribution is 0.543. The Hall–Kier alpha value is -0.890. The van der Waals surface area contributed by atoms with E-state index < -0.39 is 0 Å². The molecule has 2 heteroatoms. The van der Waals surface area contributed by atoms with Crippen molar-refractivity contribution in [3.63, 3.8) is 0 Å². The Morgan fingerprint density at radius 1 is 1.31 bits per heavy atom. The minimum Gasteiger partial charge on any atom is -0.316 e. The van der Waals surface area contributed by atoms with Crippen LogP contribution in [-0.2, 0) is 6.42 Å². The van der Waals surface area contributed by atoms with E-state index in [0.29, 0.717) is 5.92 Å². The molecule has 0 spiro atoms. The van der Waals surface area contributed by atoms with Crippen LogP contribution in [0.25, 0.3) is 0 Å². The van der Waals surface area contributed by atoms with Crippen molar-refractivity contribution in [1.82, 2.24) is 5.32 Å². The van der Waals surface area contributed by atoms with Crippen molar-refractivity contribution in [2.75, 3.05) is 13.1 Å². The van der Waals surface area contributed by atoms with Crippen molar-refractivity contribution in [3.05, 3.63) is 35.1 Å². The number of hydrogen-bond donors (Lipinski definition) is 1. The summed E-state index contributed by atoms with van der Waals surface area (Å²) in [6, 6.07) is 5.38. The smallest absolute Gasteiger partial charge is 0.126 e. The van der Waals surface area contributed by atoms with Crippen LogP contribution in [-0.4, -0.2) is 13.1 Å². The number of aryl methyl sites for hydroxylation is 2. The van der Waals surface area contributed by atoms with Gasteiger partial charge in [-0.15, -0.1) is 0 Å². The lowest BCUT2D eigenvalue weighted by Gasteiger charge is -2.07. The van der Waals surface area contributed by atoms with Gasteiger partial charge in [0, 0.05) is 0 Å². The molecule has 0 aliphatic rings. The van der Waals surface area contributed by atoms with E-state index in [1.165, 1.54) is 5.56 Å². The summed E-state index contributed by atoms with van der Waals surface area (Å²) in [5.74, 6) is 0.592. The summed E-state index contributed by atoms with van der Waals surface area (Å²) in [7, 11) is 0. The number of nitrogens with one attached hydrogen (secondary N) is 1. The summed E-state index contributed by atoms with van der Waals surface area (Å²) < 4.78 is 13.0. The van der Waals surface area contributed by atoms with Crippen molar-refractivity contribution in [3.8, 4) is 0 Å². The molecule has 1 rings (SSSR count). The van der Waals surface area contributed by atoms with Crippen LogP contribution in [0.1, 0.15) is 31.4 Å². The summed E-state index contributed by atoms with van der Waals surface area (Å²) in [5.41, 5.74) is 1.97. The van der Waals surface area contributed by atoms with Gasteiger partial charge in [0.25, 0.3) is 0 Å². The highest BCUT2D eigenvalue weighted by Crippen LogP contribution is 2.10. The fraction of sp³-hybridized carbons (Fsp3) is 0.571. The maximum Gasteiger partial charge on any atom is 0.126 e. The topological polar surface area (TPSA) is 12.0 Å². The molecule has 0 aliphatic heterocycles. The molecule has 0 aliphatic carbocycles. The van der Waals surface area contributed by atoms with Gasteiger partial charge in [0.2, 0.25) is 0 Å². The minimum absolute atomic E-state index is 0.110. The van der Waals surface area contributed by atoms with Crippen molar-refractivity contribution in [2.45, 2.75) is 33.6 Å². The summed E-state index contributed by atoms with van der Waals surface area (Å²) in [6.07, 6.45) is 2.13. The van der Waals surface area contributed by atoms with Gasteiger partial charge in [0.05, 0.1) is 0 Å². The van der Waals surface area contributed by atoms with E-state index in [0.717, 1.165) is 31.5 Å². The van der Waals surface area contributed by atoms with E-state index in [1.54, 1.807) is 6.07 Å². The van der Waals surface area contributed by atoms with Gasteiger partial charge in [-0.05, 0) is 56.0 Å². The fourth-order valence-corrected chi connectivity index (χ4v) is 1.67. The molecular formula is C14H22FN. The van der Waals surface area contributed by atoms with Crippen LogP contribution in [0.4, 0.5) is 4.39 Å². The van der Waals surface area contributed by atoms with Crippen molar-refractivity contribution in [2.24, 2.45) is 5.92 Å². The zero-order valence-corrected chi connectivity index (χ0v) is 10.5. The second-order valence-corrected chi connectivity index (χ2v) is 4.79. The minimum atomic E-state index is -0.110. The van der Waals surface area contributed by atoms with Gasteiger partial charge in [-0.1, -0.05) is 26.0 Å². The maximum absolute atomic E-state index is 13.0. The third-order valence-electron chi connectivity index (χ3n) is 2.59. The van der Waals surface area contributed by atoms with Crippen LogP contribution in [0.15, 0.2) is 18.2 Å². The summed E-state index contributed by atoms with van der Waals surface area (Å²) >= 11 is 0. The molecule has 1 aromatic carbocycles. The molecule has 16 heavy (non-hydrogen) atoms. The van der Waals surface area contributed by atoms with E-state index in [9.17, 15) is 4.39 Å². The summed E-state index contributed by atoms with van der Waals surface area (Å²) in [6.45, 7) is 8.33. The van der Waals surface area contributed by atoms with Crippen LogP contribution in [0.5, 0.6) is 0 Å². The molecule has 0 aromatic heterocycles. The first-order chi connectivity index (χ1) is 7.59. The zero-order valence-electron chi connectivity index (χ0n) is 10.5. The highest BCUT2D eigenvalue weighted by Gasteiger charge is 1.99. The maximum atomic E-state index is 13.0. The normalized spacial score (nSPS) is 11.1. The lowest BCUT2D eigenvalue weighted by Crippen LogP contribution is -2.21. The Morgan fingerprint density at radius 2 is 2.06 bits per heavy atom. The second-order valence-electron chi connectivity index (χ2n) is 4.79. The quantitative estimate of drug-likeness (QED) is 0.730. The number of hydrogen-bond acceptors (Lipinski definition) is 1. The zero-order chi connectivity index (χ0) is 12.0. The van der Waals surface area contributed by atoms with Crippen LogP contribution in [0.2, 0.25) is 0 Å². The van der Waals surface area contributed by atoms with Crippen LogP contribution >= 0.6 is 0 Å². The Bertz CT molecular complexity index is 321. The third kappa shape index (κ3) is 4.75. The Balaban J connectivity index is 2.24. The second kappa shape index (κ2) is 6.64. The van der Waals surface area contributed by atoms with Gasteiger partial charge < -0.3 is 5.32 Å². The highest BCUT2D eigenvalue weighted by molar-refractivity contribution is 5.23. The van der Waals surface area contributed by atoms with Crippen LogP contribution < -0.4 is 5.32 Å². The largest absolute Gasteiger partial charge is 0.316 e. The summed E-state index contributed by atoms with van der Waals surface area (Å²) in [5, 5.41) is 3.41. The predicted molar refractivity (Wildman–Crippen MR) is 67.2 cm³/mol. The molecule has 0 amide bonds. The first kappa shape index (κ1) is 13.2. The molecule has 0 unspecified atom stereocenters. The molecule has 0 fully saturated rings. The molecule has 0 atom stereocenters. The van der Waals surface area contributed by atoms with Crippen molar-refractivity contribution < 1.29 is 4.39 Å². The Morgan fingerprint density at radius 3 is 2.69 bits per heavy atom. The van der Waals surface area contributed by atoms with E-state index >= 15 is 0 Å². The number of benzene rings is 1. The molecule has 1 nitrogen and oxygen atoms in total. The number of rotatable bonds is 6. The van der Waals surface area contributed by atoms with E-state index in [2.05, 4.69) is 19.2 Å². The first-order valence-corrected chi connectivity index (χ1v) is 6.05. The molecule has 0 bridgehead atoms. The molecule has 1 N–H and O–H groups in total. The monoisotopic (exact) mass is 223 g/mol. The summed E-state index contributed by atoms with van der Waals surface area (Å²) in [4.78, 5) is 0. The van der Waals surface area contributed by atoms with Crippen molar-refractivity contribution >= 4 is 0 Å². The highest BCUT2D eigenvalue weighted by atomic mass is 19.1. The molecule has 90 valence electrons. The molecule has 0 heterocycles. The van der Waals surface area contributed by atoms with Gasteiger partial charge in [-0.2, -0.15) is 0 Å². The van der Waals surface area contributed by atoms with Gasteiger partial charge in [0.1, 0.15) is 5.82 Å². The standard InChI is InChI=1S/C14H22FN/c1-11(2)10-16-8-4-5-13-6-7-14(15)12(3)9-13/h6-7,9,11,16H,4-5,8,10H2,1-3H3. The fourth-order valence-electron chi connectivity index (χ4n) is 1.67. The van der Waals surface area contributed by atoms with Crippen LogP contribution in [0.3, 0.4) is 0 Å². The average molecular weight is 223 g/mol. The first-order valence-electron chi connectivity index (χ1n) is 6.05.